The van der Waals surface area contributed by atoms with E-state index in [4.69, 9.17) is 10.4 Å². The van der Waals surface area contributed by atoms with Crippen LogP contribution in [0.1, 0.15) is 11.1 Å². The molecule has 0 bridgehead atoms. The van der Waals surface area contributed by atoms with Crippen molar-refractivity contribution in [3.63, 3.8) is 0 Å². The summed E-state index contributed by atoms with van der Waals surface area (Å²) >= 11 is 0. The summed E-state index contributed by atoms with van der Waals surface area (Å²) in [5.41, 5.74) is 1.99. The molecule has 0 heterocycles. The predicted octanol–water partition coefficient (Wildman–Crippen LogP) is 0.693. The van der Waals surface area contributed by atoms with Gasteiger partial charge in [-0.2, -0.15) is 5.26 Å². The highest BCUT2D eigenvalue weighted by molar-refractivity contribution is 5.98. The summed E-state index contributed by atoms with van der Waals surface area (Å²) in [5, 5.41) is 22.2. The second-order valence-electron chi connectivity index (χ2n) is 4.11. The zero-order chi connectivity index (χ0) is 15.0. The van der Waals surface area contributed by atoms with E-state index in [9.17, 15) is 9.59 Å². The number of nitrogens with zero attached hydrogens (tertiary/aromatic N) is 1. The van der Waals surface area contributed by atoms with Crippen molar-refractivity contribution in [2.45, 2.75) is 13.5 Å². The molecule has 0 spiro atoms. The molecule has 0 saturated carbocycles. The van der Waals surface area contributed by atoms with Crippen LogP contribution in [0, 0.1) is 18.3 Å². The quantitative estimate of drug-likeness (QED) is 0.523. The molecule has 104 valence electrons. The van der Waals surface area contributed by atoms with Gasteiger partial charge in [0.1, 0.15) is 18.2 Å². The minimum Gasteiger partial charge on any atom is -0.480 e. The van der Waals surface area contributed by atoms with Crippen LogP contribution in [0.15, 0.2) is 36.0 Å². The summed E-state index contributed by atoms with van der Waals surface area (Å²) in [6.45, 7) is 1.94. The molecule has 6 nitrogen and oxygen atoms in total. The Morgan fingerprint density at radius 1 is 1.35 bits per heavy atom. The van der Waals surface area contributed by atoms with Gasteiger partial charge < -0.3 is 15.7 Å². The number of nitriles is 1. The molecule has 0 aliphatic carbocycles. The molecular weight excluding hydrogens is 258 g/mol. The largest absolute Gasteiger partial charge is 0.480 e. The number of hydrogen-bond donors (Lipinski definition) is 3. The van der Waals surface area contributed by atoms with Crippen molar-refractivity contribution in [1.29, 1.82) is 5.26 Å². The Bertz CT molecular complexity index is 556. The predicted molar refractivity (Wildman–Crippen MR) is 72.4 cm³/mol. The molecule has 20 heavy (non-hydrogen) atoms. The van der Waals surface area contributed by atoms with Gasteiger partial charge >= 0.3 is 5.97 Å². The molecule has 1 aromatic carbocycles. The van der Waals surface area contributed by atoms with E-state index in [0.29, 0.717) is 6.54 Å². The lowest BCUT2D eigenvalue weighted by Gasteiger charge is -2.04. The molecule has 3 N–H and O–H groups in total. The summed E-state index contributed by atoms with van der Waals surface area (Å²) in [7, 11) is 0. The average molecular weight is 273 g/mol. The standard InChI is InChI=1S/C14H15N3O3/c1-10-2-4-11(5-3-10)7-16-8-12(6-15)14(20)17-9-13(18)19/h2-5,8,16H,7,9H2,1H3,(H,17,20)(H,18,19)/b12-8-. The minimum absolute atomic E-state index is 0.168. The zero-order valence-electron chi connectivity index (χ0n) is 11.0. The fourth-order valence-electron chi connectivity index (χ4n) is 1.38. The van der Waals surface area contributed by atoms with E-state index >= 15 is 0 Å². The van der Waals surface area contributed by atoms with E-state index in [1.807, 2.05) is 31.2 Å². The highest BCUT2D eigenvalue weighted by Crippen LogP contribution is 2.02. The van der Waals surface area contributed by atoms with Crippen molar-refractivity contribution >= 4 is 11.9 Å². The zero-order valence-corrected chi connectivity index (χ0v) is 11.0. The monoisotopic (exact) mass is 273 g/mol. The van der Waals surface area contributed by atoms with E-state index in [-0.39, 0.29) is 5.57 Å². The fourth-order valence-corrected chi connectivity index (χ4v) is 1.38. The number of carbonyl (C=O) groups excluding carboxylic acids is 1. The minimum atomic E-state index is -1.16. The topological polar surface area (TPSA) is 102 Å². The van der Waals surface area contributed by atoms with Gasteiger partial charge in [0.15, 0.2) is 0 Å². The van der Waals surface area contributed by atoms with E-state index in [0.717, 1.165) is 11.1 Å². The average Bonchev–Trinajstić information content (AvgIpc) is 2.43. The second kappa shape index (κ2) is 7.59. The lowest BCUT2D eigenvalue weighted by atomic mass is 10.1. The van der Waals surface area contributed by atoms with Crippen molar-refractivity contribution in [1.82, 2.24) is 10.6 Å². The number of carbonyl (C=O) groups is 2. The summed E-state index contributed by atoms with van der Waals surface area (Å²) < 4.78 is 0. The highest BCUT2D eigenvalue weighted by atomic mass is 16.4. The van der Waals surface area contributed by atoms with Crippen LogP contribution in [0.4, 0.5) is 0 Å². The van der Waals surface area contributed by atoms with E-state index < -0.39 is 18.4 Å². The van der Waals surface area contributed by atoms with Gasteiger partial charge in [-0.05, 0) is 12.5 Å². The third-order valence-electron chi connectivity index (χ3n) is 2.44. The van der Waals surface area contributed by atoms with Gasteiger partial charge in [0, 0.05) is 12.7 Å². The van der Waals surface area contributed by atoms with Crippen LogP contribution in [-0.2, 0) is 16.1 Å². The maximum Gasteiger partial charge on any atom is 0.322 e. The van der Waals surface area contributed by atoms with Gasteiger partial charge in [0.25, 0.3) is 5.91 Å². The number of carboxylic acids is 1. The summed E-state index contributed by atoms with van der Waals surface area (Å²) in [4.78, 5) is 21.8. The van der Waals surface area contributed by atoms with Crippen molar-refractivity contribution in [2.75, 3.05) is 6.54 Å². The summed E-state index contributed by atoms with van der Waals surface area (Å²) in [6.07, 6.45) is 1.27. The van der Waals surface area contributed by atoms with Gasteiger partial charge in [0.05, 0.1) is 0 Å². The van der Waals surface area contributed by atoms with Crippen LogP contribution in [0.5, 0.6) is 0 Å². The van der Waals surface area contributed by atoms with Crippen LogP contribution in [-0.4, -0.2) is 23.5 Å². The maximum absolute atomic E-state index is 11.5. The first-order valence-electron chi connectivity index (χ1n) is 5.92. The molecule has 1 rings (SSSR count). The van der Waals surface area contributed by atoms with E-state index in [1.165, 1.54) is 6.20 Å². The van der Waals surface area contributed by atoms with E-state index in [2.05, 4.69) is 10.6 Å². The van der Waals surface area contributed by atoms with Gasteiger partial charge in [-0.3, -0.25) is 9.59 Å². The van der Waals surface area contributed by atoms with Crippen molar-refractivity contribution < 1.29 is 14.7 Å². The smallest absolute Gasteiger partial charge is 0.322 e. The van der Waals surface area contributed by atoms with Crippen LogP contribution in [0.3, 0.4) is 0 Å². The Labute approximate surface area is 116 Å². The summed E-state index contributed by atoms with van der Waals surface area (Å²) in [5.74, 6) is -1.88. The SMILES string of the molecule is Cc1ccc(CN/C=C(/C#N)C(=O)NCC(=O)O)cc1. The first-order valence-corrected chi connectivity index (χ1v) is 5.92. The molecule has 0 aromatic heterocycles. The van der Waals surface area contributed by atoms with Crippen LogP contribution < -0.4 is 10.6 Å². The van der Waals surface area contributed by atoms with Gasteiger partial charge in [0.2, 0.25) is 0 Å². The van der Waals surface area contributed by atoms with Crippen molar-refractivity contribution in [3.8, 4) is 6.07 Å². The van der Waals surface area contributed by atoms with Crippen molar-refractivity contribution in [3.05, 3.63) is 47.2 Å². The molecule has 0 radical (unpaired) electrons. The fraction of sp³-hybridized carbons (Fsp3) is 0.214. The Kier molecular flexibility index (Phi) is 5.78. The lowest BCUT2D eigenvalue weighted by Crippen LogP contribution is -2.30. The molecular formula is C14H15N3O3. The molecule has 1 aromatic rings. The summed E-state index contributed by atoms with van der Waals surface area (Å²) in [6, 6.07) is 9.52. The Morgan fingerprint density at radius 3 is 2.55 bits per heavy atom. The van der Waals surface area contributed by atoms with Crippen LogP contribution in [0.2, 0.25) is 0 Å². The Balaban J connectivity index is 2.53. The normalized spacial score (nSPS) is 10.5. The van der Waals surface area contributed by atoms with Crippen LogP contribution in [0.25, 0.3) is 0 Å². The Morgan fingerprint density at radius 2 is 2.00 bits per heavy atom. The number of amides is 1. The molecule has 0 aliphatic heterocycles. The third kappa shape index (κ3) is 5.23. The number of aliphatic carboxylic acids is 1. The number of rotatable bonds is 6. The number of aryl methyl sites for hydroxylation is 1. The third-order valence-corrected chi connectivity index (χ3v) is 2.44. The first-order chi connectivity index (χ1) is 9.52. The Hall–Kier alpha value is -2.81. The highest BCUT2D eigenvalue weighted by Gasteiger charge is 2.09. The molecule has 0 fully saturated rings. The van der Waals surface area contributed by atoms with Gasteiger partial charge in [-0.1, -0.05) is 29.8 Å². The molecule has 0 saturated heterocycles. The number of hydrogen-bond acceptors (Lipinski definition) is 4. The van der Waals surface area contributed by atoms with E-state index in [1.54, 1.807) is 6.07 Å². The second-order valence-corrected chi connectivity index (χ2v) is 4.11. The lowest BCUT2D eigenvalue weighted by molar-refractivity contribution is -0.137. The van der Waals surface area contributed by atoms with Gasteiger partial charge in [-0.25, -0.2) is 0 Å². The number of benzene rings is 1. The van der Waals surface area contributed by atoms with Crippen molar-refractivity contribution in [2.24, 2.45) is 0 Å². The first kappa shape index (κ1) is 15.2. The molecule has 6 heteroatoms. The molecule has 1 amide bonds. The number of nitrogens with one attached hydrogen (secondary N) is 2. The van der Waals surface area contributed by atoms with Crippen LogP contribution >= 0.6 is 0 Å². The molecule has 0 atom stereocenters. The molecule has 0 unspecified atom stereocenters. The number of carboxylic acid groups (broad SMARTS) is 1. The maximum atomic E-state index is 11.5. The van der Waals surface area contributed by atoms with Gasteiger partial charge in [-0.15, -0.1) is 0 Å². The molecule has 0 aliphatic rings.